The topological polar surface area (TPSA) is 65.9 Å². The number of para-hydroxylation sites is 1. The molecule has 0 bridgehead atoms. The highest BCUT2D eigenvalue weighted by Crippen LogP contribution is 2.29. The summed E-state index contributed by atoms with van der Waals surface area (Å²) in [5.74, 6) is 0.682. The monoisotopic (exact) mass is 316 g/mol. The van der Waals surface area contributed by atoms with Crippen LogP contribution in [0.4, 0.5) is 0 Å². The molecule has 1 N–H and O–H groups in total. The molecule has 2 aromatic carbocycles. The number of nitriles is 1. The van der Waals surface area contributed by atoms with Crippen LogP contribution in [0.3, 0.4) is 0 Å². The van der Waals surface area contributed by atoms with Crippen LogP contribution in [-0.2, 0) is 6.61 Å². The van der Waals surface area contributed by atoms with Crippen molar-refractivity contribution in [1.82, 2.24) is 4.98 Å². The van der Waals surface area contributed by atoms with Gasteiger partial charge in [-0.15, -0.1) is 0 Å². The van der Waals surface area contributed by atoms with E-state index in [4.69, 9.17) is 10.00 Å². The molecular weight excluding hydrogens is 300 g/mol. The van der Waals surface area contributed by atoms with Gasteiger partial charge >= 0.3 is 0 Å². The third-order valence-electron chi connectivity index (χ3n) is 3.76. The van der Waals surface area contributed by atoms with Crippen LogP contribution < -0.4 is 10.3 Å². The number of benzene rings is 2. The third kappa shape index (κ3) is 3.21. The first-order valence-corrected chi connectivity index (χ1v) is 7.59. The summed E-state index contributed by atoms with van der Waals surface area (Å²) >= 11 is 0. The Labute approximate surface area is 140 Å². The van der Waals surface area contributed by atoms with Gasteiger partial charge in [0.1, 0.15) is 24.0 Å². The van der Waals surface area contributed by atoms with Gasteiger partial charge in [0.05, 0.1) is 5.69 Å². The van der Waals surface area contributed by atoms with Crippen LogP contribution in [0.5, 0.6) is 5.75 Å². The molecule has 3 rings (SSSR count). The smallest absolute Gasteiger partial charge is 0.266 e. The van der Waals surface area contributed by atoms with Gasteiger partial charge in [0.15, 0.2) is 0 Å². The molecule has 118 valence electrons. The summed E-state index contributed by atoms with van der Waals surface area (Å²) in [6.07, 6.45) is 0. The van der Waals surface area contributed by atoms with Crippen LogP contribution in [0.2, 0.25) is 0 Å². The second kappa shape index (κ2) is 6.84. The van der Waals surface area contributed by atoms with Gasteiger partial charge in [-0.2, -0.15) is 5.26 Å². The van der Waals surface area contributed by atoms with E-state index in [0.717, 1.165) is 11.1 Å². The summed E-state index contributed by atoms with van der Waals surface area (Å²) in [5.41, 5.74) is 2.90. The molecule has 1 heterocycles. The van der Waals surface area contributed by atoms with Crippen molar-refractivity contribution in [2.24, 2.45) is 0 Å². The number of hydrogen-bond donors (Lipinski definition) is 1. The van der Waals surface area contributed by atoms with Gasteiger partial charge in [0.25, 0.3) is 5.56 Å². The van der Waals surface area contributed by atoms with Crippen molar-refractivity contribution in [1.29, 1.82) is 5.26 Å². The number of H-pyrrole nitrogens is 1. The average molecular weight is 316 g/mol. The molecular formula is C20H16N2O2. The summed E-state index contributed by atoms with van der Waals surface area (Å²) in [6.45, 7) is 2.20. The van der Waals surface area contributed by atoms with E-state index < -0.39 is 0 Å². The molecule has 4 heteroatoms. The van der Waals surface area contributed by atoms with Crippen molar-refractivity contribution in [2.75, 3.05) is 0 Å². The van der Waals surface area contributed by atoms with Gasteiger partial charge in [0.2, 0.25) is 0 Å². The molecule has 1 aromatic heterocycles. The first-order chi connectivity index (χ1) is 11.7. The molecule has 0 fully saturated rings. The average Bonchev–Trinajstić information content (AvgIpc) is 2.61. The molecule has 0 aliphatic heterocycles. The SMILES string of the molecule is Cc1cc(-c2ccccc2OCc2ccccc2)[nH]c(=O)c1C#N. The summed E-state index contributed by atoms with van der Waals surface area (Å²) < 4.78 is 5.93. The van der Waals surface area contributed by atoms with E-state index in [1.807, 2.05) is 60.7 Å². The fourth-order valence-corrected chi connectivity index (χ4v) is 2.52. The van der Waals surface area contributed by atoms with Gasteiger partial charge < -0.3 is 9.72 Å². The van der Waals surface area contributed by atoms with E-state index in [1.165, 1.54) is 0 Å². The van der Waals surface area contributed by atoms with E-state index in [9.17, 15) is 4.79 Å². The first-order valence-electron chi connectivity index (χ1n) is 7.59. The second-order valence-corrected chi connectivity index (χ2v) is 5.45. The van der Waals surface area contributed by atoms with Gasteiger partial charge in [0, 0.05) is 5.56 Å². The molecule has 0 saturated carbocycles. The molecule has 0 unspecified atom stereocenters. The Morgan fingerprint density at radius 3 is 2.50 bits per heavy atom. The minimum atomic E-state index is -0.384. The number of aromatic amines is 1. The van der Waals surface area contributed by atoms with Crippen LogP contribution in [-0.4, -0.2) is 4.98 Å². The molecule has 0 atom stereocenters. The number of aromatic nitrogens is 1. The van der Waals surface area contributed by atoms with Gasteiger partial charge in [-0.25, -0.2) is 0 Å². The van der Waals surface area contributed by atoms with Crippen LogP contribution >= 0.6 is 0 Å². The number of rotatable bonds is 4. The normalized spacial score (nSPS) is 10.2. The van der Waals surface area contributed by atoms with Crippen molar-refractivity contribution in [2.45, 2.75) is 13.5 Å². The molecule has 3 aromatic rings. The zero-order valence-electron chi connectivity index (χ0n) is 13.2. The zero-order valence-corrected chi connectivity index (χ0v) is 13.2. The Kier molecular flexibility index (Phi) is 4.44. The fraction of sp³-hybridized carbons (Fsp3) is 0.100. The number of pyridine rings is 1. The summed E-state index contributed by atoms with van der Waals surface area (Å²) in [5, 5.41) is 9.03. The van der Waals surface area contributed by atoms with Crippen LogP contribution in [0.1, 0.15) is 16.7 Å². The van der Waals surface area contributed by atoms with Crippen LogP contribution in [0.15, 0.2) is 65.5 Å². The Morgan fingerprint density at radius 2 is 1.79 bits per heavy atom. The molecule has 0 saturated heterocycles. The molecule has 0 aliphatic carbocycles. The van der Waals surface area contributed by atoms with Crippen LogP contribution in [0.25, 0.3) is 11.3 Å². The minimum absolute atomic E-state index is 0.140. The Bertz CT molecular complexity index is 953. The Morgan fingerprint density at radius 1 is 1.08 bits per heavy atom. The number of ether oxygens (including phenoxy) is 1. The third-order valence-corrected chi connectivity index (χ3v) is 3.76. The molecule has 4 nitrogen and oxygen atoms in total. The quantitative estimate of drug-likeness (QED) is 0.796. The minimum Gasteiger partial charge on any atom is -0.488 e. The summed E-state index contributed by atoms with van der Waals surface area (Å²) in [7, 11) is 0. The number of nitrogens with one attached hydrogen (secondary N) is 1. The number of aryl methyl sites for hydroxylation is 1. The molecule has 24 heavy (non-hydrogen) atoms. The van der Waals surface area contributed by atoms with Gasteiger partial charge in [-0.1, -0.05) is 42.5 Å². The fourth-order valence-electron chi connectivity index (χ4n) is 2.52. The molecule has 0 radical (unpaired) electrons. The lowest BCUT2D eigenvalue weighted by molar-refractivity contribution is 0.307. The molecule has 0 spiro atoms. The largest absolute Gasteiger partial charge is 0.488 e. The maximum atomic E-state index is 12.0. The van der Waals surface area contributed by atoms with E-state index in [-0.39, 0.29) is 11.1 Å². The summed E-state index contributed by atoms with van der Waals surface area (Å²) in [6, 6.07) is 21.1. The molecule has 0 aliphatic rings. The standard InChI is InChI=1S/C20H16N2O2/c1-14-11-18(22-20(23)17(14)12-21)16-9-5-6-10-19(16)24-13-15-7-3-2-4-8-15/h2-11H,13H2,1H3,(H,22,23). The second-order valence-electron chi connectivity index (χ2n) is 5.45. The molecule has 0 amide bonds. The van der Waals surface area contributed by atoms with E-state index in [2.05, 4.69) is 4.98 Å². The number of hydrogen-bond acceptors (Lipinski definition) is 3. The predicted molar refractivity (Wildman–Crippen MR) is 92.7 cm³/mol. The van der Waals surface area contributed by atoms with Crippen molar-refractivity contribution < 1.29 is 4.74 Å². The number of nitrogens with zero attached hydrogens (tertiary/aromatic N) is 1. The van der Waals surface area contributed by atoms with Crippen molar-refractivity contribution in [3.05, 3.63) is 87.7 Å². The van der Waals surface area contributed by atoms with Gasteiger partial charge in [-0.3, -0.25) is 4.79 Å². The maximum absolute atomic E-state index is 12.0. The highest BCUT2D eigenvalue weighted by atomic mass is 16.5. The van der Waals surface area contributed by atoms with E-state index in [1.54, 1.807) is 13.0 Å². The predicted octanol–water partition coefficient (Wildman–Crippen LogP) is 3.80. The van der Waals surface area contributed by atoms with Gasteiger partial charge in [-0.05, 0) is 36.2 Å². The highest BCUT2D eigenvalue weighted by molar-refractivity contribution is 5.68. The van der Waals surface area contributed by atoms with Crippen molar-refractivity contribution in [3.63, 3.8) is 0 Å². The maximum Gasteiger partial charge on any atom is 0.266 e. The zero-order chi connectivity index (χ0) is 16.9. The lowest BCUT2D eigenvalue weighted by Gasteiger charge is -2.12. The first kappa shape index (κ1) is 15.6. The van der Waals surface area contributed by atoms with Crippen molar-refractivity contribution >= 4 is 0 Å². The lowest BCUT2D eigenvalue weighted by atomic mass is 10.1. The lowest BCUT2D eigenvalue weighted by Crippen LogP contribution is -2.13. The van der Waals surface area contributed by atoms with Crippen LogP contribution in [0, 0.1) is 18.3 Å². The highest BCUT2D eigenvalue weighted by Gasteiger charge is 2.11. The van der Waals surface area contributed by atoms with E-state index >= 15 is 0 Å². The van der Waals surface area contributed by atoms with Crippen molar-refractivity contribution in [3.8, 4) is 23.1 Å². The Balaban J connectivity index is 1.95. The van der Waals surface area contributed by atoms with E-state index in [0.29, 0.717) is 23.6 Å². The Hall–Kier alpha value is -3.32. The summed E-state index contributed by atoms with van der Waals surface area (Å²) in [4.78, 5) is 14.8.